The second kappa shape index (κ2) is 8.99. The number of carbonyl (C=O) groups is 1. The van der Waals surface area contributed by atoms with E-state index in [1.165, 1.54) is 18.2 Å². The zero-order valence-electron chi connectivity index (χ0n) is 14.6. The molecule has 144 valence electrons. The van der Waals surface area contributed by atoms with E-state index in [-0.39, 0.29) is 22.9 Å². The van der Waals surface area contributed by atoms with Crippen LogP contribution < -0.4 is 10.0 Å². The number of nitro groups is 1. The molecule has 1 atom stereocenters. The molecule has 27 heavy (non-hydrogen) atoms. The summed E-state index contributed by atoms with van der Waals surface area (Å²) in [4.78, 5) is 22.0. The average Bonchev–Trinajstić information content (AvgIpc) is 2.67. The van der Waals surface area contributed by atoms with Crippen LogP contribution in [0.3, 0.4) is 0 Å². The van der Waals surface area contributed by atoms with Crippen molar-refractivity contribution >= 4 is 35.9 Å². The number of hydrogen-bond donors (Lipinski definition) is 0. The highest BCUT2D eigenvalue weighted by atomic mass is 35.5. The zero-order chi connectivity index (χ0) is 20.0. The van der Waals surface area contributed by atoms with Crippen molar-refractivity contribution in [3.8, 4) is 11.5 Å². The van der Waals surface area contributed by atoms with Gasteiger partial charge in [0.25, 0.3) is 5.69 Å². The number of ether oxygens (including phenoxy) is 2. The number of nitro benzene ring substituents is 1. The van der Waals surface area contributed by atoms with Crippen molar-refractivity contribution < 1.29 is 28.3 Å². The van der Waals surface area contributed by atoms with Gasteiger partial charge in [0.05, 0.1) is 12.0 Å². The van der Waals surface area contributed by atoms with Crippen molar-refractivity contribution in [2.45, 2.75) is 6.92 Å². The van der Waals surface area contributed by atoms with Crippen LogP contribution in [0.4, 0.5) is 5.69 Å². The van der Waals surface area contributed by atoms with Gasteiger partial charge in [-0.2, -0.15) is 0 Å². The number of benzene rings is 2. The van der Waals surface area contributed by atoms with Crippen LogP contribution in [-0.4, -0.2) is 30.8 Å². The van der Waals surface area contributed by atoms with Gasteiger partial charge in [0, 0.05) is 23.3 Å². The number of nitrogens with zero attached hydrogens (tertiary/aromatic N) is 1. The van der Waals surface area contributed by atoms with Gasteiger partial charge in [0.2, 0.25) is 7.37 Å². The normalized spacial score (nSPS) is 12.9. The molecule has 0 radical (unpaired) electrons. The molecule has 0 N–H and O–H groups in total. The van der Waals surface area contributed by atoms with Gasteiger partial charge in [-0.1, -0.05) is 18.5 Å². The number of methoxy groups -OCH3 is 1. The first-order valence-corrected chi connectivity index (χ1v) is 10.0. The molecule has 0 saturated heterocycles. The highest BCUT2D eigenvalue weighted by Crippen LogP contribution is 2.48. The van der Waals surface area contributed by atoms with Crippen molar-refractivity contribution in [1.29, 1.82) is 0 Å². The predicted octanol–water partition coefficient (Wildman–Crippen LogP) is 4.15. The zero-order valence-corrected chi connectivity index (χ0v) is 16.2. The van der Waals surface area contributed by atoms with E-state index >= 15 is 0 Å². The molecule has 0 aliphatic carbocycles. The Morgan fingerprint density at radius 1 is 1.19 bits per heavy atom. The second-order valence-corrected chi connectivity index (χ2v) is 8.46. The van der Waals surface area contributed by atoms with E-state index < -0.39 is 24.9 Å². The Labute approximate surface area is 160 Å². The minimum absolute atomic E-state index is 0.0464. The quantitative estimate of drug-likeness (QED) is 0.277. The van der Waals surface area contributed by atoms with Crippen LogP contribution in [0, 0.1) is 10.1 Å². The Kier molecular flexibility index (Phi) is 6.96. The molecule has 0 aliphatic heterocycles. The van der Waals surface area contributed by atoms with E-state index in [2.05, 4.69) is 4.74 Å². The molecule has 2 aromatic carbocycles. The summed E-state index contributed by atoms with van der Waals surface area (Å²) in [6, 6.07) is 10.3. The van der Waals surface area contributed by atoms with Crippen molar-refractivity contribution in [3.05, 3.63) is 57.6 Å². The summed E-state index contributed by atoms with van der Waals surface area (Å²) >= 11 is 5.82. The summed E-state index contributed by atoms with van der Waals surface area (Å²) in [6.45, 7) is 0.968. The topological polar surface area (TPSA) is 105 Å². The van der Waals surface area contributed by atoms with Crippen LogP contribution in [0.5, 0.6) is 11.5 Å². The molecule has 2 aromatic rings. The van der Waals surface area contributed by atoms with Crippen LogP contribution >= 0.6 is 19.0 Å². The van der Waals surface area contributed by atoms with Crippen LogP contribution in [0.25, 0.3) is 0 Å². The largest absolute Gasteiger partial charge is 0.467 e. The molecule has 0 heterocycles. The van der Waals surface area contributed by atoms with Gasteiger partial charge >= 0.3 is 5.97 Å². The number of hydrogen-bond acceptors (Lipinski definition) is 7. The lowest BCUT2D eigenvalue weighted by Crippen LogP contribution is -2.18. The molecule has 0 aromatic heterocycles. The van der Waals surface area contributed by atoms with Gasteiger partial charge < -0.3 is 14.0 Å². The van der Waals surface area contributed by atoms with Crippen molar-refractivity contribution in [2.24, 2.45) is 0 Å². The first-order chi connectivity index (χ1) is 12.8. The lowest BCUT2D eigenvalue weighted by Gasteiger charge is -2.17. The summed E-state index contributed by atoms with van der Waals surface area (Å²) in [5, 5.41) is 11.8. The summed E-state index contributed by atoms with van der Waals surface area (Å²) in [5.74, 6) is -0.0609. The molecule has 0 spiro atoms. The molecular weight excluding hydrogens is 397 g/mol. The van der Waals surface area contributed by atoms with E-state index in [0.717, 1.165) is 7.11 Å². The number of halogens is 1. The highest BCUT2D eigenvalue weighted by Gasteiger charge is 2.33. The van der Waals surface area contributed by atoms with Gasteiger partial charge in [-0.15, -0.1) is 0 Å². The smallest absolute Gasteiger partial charge is 0.332 e. The summed E-state index contributed by atoms with van der Waals surface area (Å²) in [7, 11) is -2.54. The fourth-order valence-electron chi connectivity index (χ4n) is 2.18. The SMILES string of the molecule is CCP(=O)(OCC(=O)OC)c1cc(Oc2ccc(Cl)cc2)ccc1[N+](=O)[O-]. The fraction of sp³-hybridized carbons (Fsp3) is 0.235. The maximum atomic E-state index is 13.2. The molecule has 0 fully saturated rings. The summed E-state index contributed by atoms with van der Waals surface area (Å²) in [5.41, 5.74) is -0.381. The molecule has 0 saturated carbocycles. The average molecular weight is 414 g/mol. The Morgan fingerprint density at radius 3 is 2.37 bits per heavy atom. The molecule has 8 nitrogen and oxygen atoms in total. The molecule has 10 heteroatoms. The summed E-state index contributed by atoms with van der Waals surface area (Å²) < 4.78 is 28.5. The Hall–Kier alpha value is -2.41. The van der Waals surface area contributed by atoms with Gasteiger partial charge in [-0.3, -0.25) is 14.7 Å². The number of carbonyl (C=O) groups excluding carboxylic acids is 1. The van der Waals surface area contributed by atoms with Crippen LogP contribution in [0.15, 0.2) is 42.5 Å². The molecular formula is C17H17ClNO7P. The van der Waals surface area contributed by atoms with Crippen molar-refractivity contribution in [2.75, 3.05) is 19.9 Å². The van der Waals surface area contributed by atoms with E-state index in [9.17, 15) is 19.5 Å². The first kappa shape index (κ1) is 20.9. The van der Waals surface area contributed by atoms with Gasteiger partial charge in [-0.25, -0.2) is 4.79 Å². The number of rotatable bonds is 8. The maximum Gasteiger partial charge on any atom is 0.332 e. The Balaban J connectivity index is 2.41. The molecule has 0 bridgehead atoms. The van der Waals surface area contributed by atoms with Crippen LogP contribution in [0.1, 0.15) is 6.92 Å². The van der Waals surface area contributed by atoms with E-state index in [1.54, 1.807) is 31.2 Å². The van der Waals surface area contributed by atoms with Gasteiger partial charge in [0.15, 0.2) is 6.61 Å². The van der Waals surface area contributed by atoms with Crippen LogP contribution in [-0.2, 0) is 18.6 Å². The van der Waals surface area contributed by atoms with Crippen LogP contribution in [0.2, 0.25) is 5.02 Å². The van der Waals surface area contributed by atoms with Gasteiger partial charge in [0.1, 0.15) is 16.8 Å². The number of esters is 1. The third-order valence-corrected chi connectivity index (χ3v) is 6.32. The summed E-state index contributed by atoms with van der Waals surface area (Å²) in [6.07, 6.45) is -0.0464. The standard InChI is InChI=1S/C17H17ClNO7P/c1-3-27(23,25-11-17(20)24-2)16-10-14(8-9-15(16)19(21)22)26-13-6-4-12(18)5-7-13/h4-10H,3,11H2,1-2H3. The lowest BCUT2D eigenvalue weighted by atomic mass is 10.3. The molecule has 0 amide bonds. The highest BCUT2D eigenvalue weighted by molar-refractivity contribution is 7.67. The maximum absolute atomic E-state index is 13.2. The van der Waals surface area contributed by atoms with E-state index in [4.69, 9.17) is 20.9 Å². The Bertz CT molecular complexity index is 885. The van der Waals surface area contributed by atoms with Crippen molar-refractivity contribution in [1.82, 2.24) is 0 Å². The molecule has 0 aliphatic rings. The third-order valence-electron chi connectivity index (χ3n) is 3.59. The second-order valence-electron chi connectivity index (χ2n) is 5.30. The Morgan fingerprint density at radius 2 is 1.81 bits per heavy atom. The van der Waals surface area contributed by atoms with E-state index in [0.29, 0.717) is 10.8 Å². The molecule has 1 unspecified atom stereocenters. The third kappa shape index (κ3) is 5.29. The van der Waals surface area contributed by atoms with Gasteiger partial charge in [-0.05, 0) is 30.3 Å². The lowest BCUT2D eigenvalue weighted by molar-refractivity contribution is -0.383. The molecule has 2 rings (SSSR count). The predicted molar refractivity (Wildman–Crippen MR) is 100 cm³/mol. The monoisotopic (exact) mass is 413 g/mol. The first-order valence-electron chi connectivity index (χ1n) is 7.82. The van der Waals surface area contributed by atoms with E-state index in [1.807, 2.05) is 0 Å². The minimum Gasteiger partial charge on any atom is -0.467 e. The van der Waals surface area contributed by atoms with Crippen molar-refractivity contribution in [3.63, 3.8) is 0 Å². The fourth-order valence-corrected chi connectivity index (χ4v) is 4.11. The minimum atomic E-state index is -3.69.